The van der Waals surface area contributed by atoms with Gasteiger partial charge in [0.05, 0.1) is 0 Å². The predicted octanol–water partition coefficient (Wildman–Crippen LogP) is 10.8. The molecule has 0 spiro atoms. The first-order valence-electron chi connectivity index (χ1n) is 14.5. The summed E-state index contributed by atoms with van der Waals surface area (Å²) in [5, 5.41) is 9.41. The summed E-state index contributed by atoms with van der Waals surface area (Å²) in [6.45, 7) is 22.8. The molecule has 4 aromatic carbocycles. The maximum atomic E-state index is 4.92. The van der Waals surface area contributed by atoms with Crippen LogP contribution in [0.2, 0.25) is 0 Å². The zero-order valence-corrected chi connectivity index (χ0v) is 29.3. The molecule has 0 aliphatic carbocycles. The average molecular weight is 649 g/mol. The van der Waals surface area contributed by atoms with Gasteiger partial charge < -0.3 is 5.32 Å². The van der Waals surface area contributed by atoms with Gasteiger partial charge in [0.2, 0.25) is 0 Å². The zero-order valence-electron chi connectivity index (χ0n) is 26.8. The predicted molar refractivity (Wildman–Crippen MR) is 182 cm³/mol. The molecule has 0 fully saturated rings. The van der Waals surface area contributed by atoms with Gasteiger partial charge >= 0.3 is 26.2 Å². The molecule has 0 N–H and O–H groups in total. The molecule has 0 saturated carbocycles. The fourth-order valence-electron chi connectivity index (χ4n) is 4.09. The summed E-state index contributed by atoms with van der Waals surface area (Å²) < 4.78 is 1.86. The van der Waals surface area contributed by atoms with Gasteiger partial charge in [-0.3, -0.25) is 4.68 Å². The second-order valence-electron chi connectivity index (χ2n) is 10.8. The fraction of sp³-hybridized carbons (Fsp3) is 0.231. The van der Waals surface area contributed by atoms with Gasteiger partial charge in [-0.15, -0.1) is 42.1 Å². The van der Waals surface area contributed by atoms with Crippen LogP contribution in [0.25, 0.3) is 5.32 Å². The van der Waals surface area contributed by atoms with Crippen molar-refractivity contribution in [3.63, 3.8) is 0 Å². The first-order valence-corrected chi connectivity index (χ1v) is 14.5. The van der Waals surface area contributed by atoms with E-state index in [2.05, 4.69) is 78.7 Å². The molecule has 0 bridgehead atoms. The maximum Gasteiger partial charge on any atom is 3.00 e. The van der Waals surface area contributed by atoms with E-state index in [4.69, 9.17) is 5.32 Å². The Labute approximate surface area is 280 Å². The third-order valence-corrected chi connectivity index (χ3v) is 6.37. The molecule has 0 unspecified atom stereocenters. The molecule has 3 nitrogen and oxygen atoms in total. The molecule has 43 heavy (non-hydrogen) atoms. The Morgan fingerprint density at radius 1 is 0.628 bits per heavy atom. The topological polar surface area (TPSA) is 31.9 Å². The summed E-state index contributed by atoms with van der Waals surface area (Å²) in [6, 6.07) is 36.2. The molecule has 0 atom stereocenters. The van der Waals surface area contributed by atoms with E-state index in [1.54, 1.807) is 0 Å². The molecular formula is C39H47N3Zr-. The largest absolute Gasteiger partial charge is 3.00 e. The summed E-state index contributed by atoms with van der Waals surface area (Å²) in [7, 11) is 1.96. The Morgan fingerprint density at radius 2 is 1.00 bits per heavy atom. The van der Waals surface area contributed by atoms with Crippen molar-refractivity contribution in [2.45, 2.75) is 53.0 Å². The van der Waals surface area contributed by atoms with Crippen LogP contribution in [0.5, 0.6) is 0 Å². The third kappa shape index (κ3) is 14.4. The Balaban J connectivity index is 0.000000340. The maximum absolute atomic E-state index is 4.92. The Bertz CT molecular complexity index is 1290. The van der Waals surface area contributed by atoms with Crippen LogP contribution in [-0.4, -0.2) is 9.78 Å². The molecule has 0 aliphatic rings. The summed E-state index contributed by atoms with van der Waals surface area (Å²) in [4.78, 5) is 0. The molecule has 0 amide bonds. The minimum Gasteiger partial charge on any atom is -0.679 e. The number of para-hydroxylation sites is 1. The normalized spacial score (nSPS) is 9.77. The number of aromatic nitrogens is 2. The van der Waals surface area contributed by atoms with E-state index in [1.165, 1.54) is 16.7 Å². The van der Waals surface area contributed by atoms with E-state index in [0.717, 1.165) is 28.1 Å². The van der Waals surface area contributed by atoms with Gasteiger partial charge in [0.15, 0.2) is 0 Å². The van der Waals surface area contributed by atoms with Crippen LogP contribution in [-0.2, 0) is 39.8 Å². The number of rotatable bonds is 5. The molecular weight excluding hydrogens is 602 g/mol. The summed E-state index contributed by atoms with van der Waals surface area (Å²) >= 11 is 0. The van der Waals surface area contributed by atoms with Gasteiger partial charge in [0.1, 0.15) is 0 Å². The zero-order chi connectivity index (χ0) is 30.9. The van der Waals surface area contributed by atoms with Gasteiger partial charge in [-0.25, -0.2) is 0 Å². The standard InChI is InChI=1S/C18H26N3.3C7H7.Zr/c1-12(2)15-8-7-9-16(13(3)4)18(15)19-10-17-14(5)11-21(6)20-17;3*1-7-5-3-2-4-6-7;/h7-9,11-13H,10H2,1-6H3;3*2-6H,1H2;/q4*-1;+3. The second kappa shape index (κ2) is 20.3. The van der Waals surface area contributed by atoms with Crippen molar-refractivity contribution in [2.24, 2.45) is 7.05 Å². The van der Waals surface area contributed by atoms with Crippen molar-refractivity contribution < 1.29 is 26.2 Å². The van der Waals surface area contributed by atoms with Crippen molar-refractivity contribution in [2.75, 3.05) is 0 Å². The van der Waals surface area contributed by atoms with E-state index in [0.29, 0.717) is 18.4 Å². The molecule has 1 radical (unpaired) electrons. The van der Waals surface area contributed by atoms with Gasteiger partial charge in [0.25, 0.3) is 0 Å². The molecule has 0 aliphatic heterocycles. The van der Waals surface area contributed by atoms with Crippen LogP contribution >= 0.6 is 0 Å². The van der Waals surface area contributed by atoms with E-state index in [9.17, 15) is 0 Å². The van der Waals surface area contributed by atoms with Gasteiger partial charge in [-0.1, -0.05) is 81.8 Å². The van der Waals surface area contributed by atoms with Gasteiger partial charge in [-0.2, -0.15) is 79.0 Å². The molecule has 1 aromatic heterocycles. The average Bonchev–Trinajstić information content (AvgIpc) is 3.30. The number of hydrogen-bond acceptors (Lipinski definition) is 1. The van der Waals surface area contributed by atoms with E-state index in [1.807, 2.05) is 109 Å². The molecule has 1 heterocycles. The quantitative estimate of drug-likeness (QED) is 0.175. The van der Waals surface area contributed by atoms with Crippen molar-refractivity contribution in [1.29, 1.82) is 0 Å². The van der Waals surface area contributed by atoms with Crippen LogP contribution in [0.15, 0.2) is 115 Å². The van der Waals surface area contributed by atoms with Crippen LogP contribution < -0.4 is 0 Å². The summed E-state index contributed by atoms with van der Waals surface area (Å²) in [5.41, 5.74) is 9.30. The van der Waals surface area contributed by atoms with Crippen LogP contribution in [0, 0.1) is 27.7 Å². The van der Waals surface area contributed by atoms with Crippen LogP contribution in [0.4, 0.5) is 5.69 Å². The first kappa shape index (κ1) is 37.4. The van der Waals surface area contributed by atoms with Crippen LogP contribution in [0.3, 0.4) is 0 Å². The van der Waals surface area contributed by atoms with Crippen LogP contribution in [0.1, 0.15) is 78.6 Å². The molecule has 4 heteroatoms. The third-order valence-electron chi connectivity index (χ3n) is 6.37. The smallest absolute Gasteiger partial charge is 0.679 e. The number of hydrogen-bond donors (Lipinski definition) is 0. The van der Waals surface area contributed by atoms with Gasteiger partial charge in [-0.05, 0) is 24.3 Å². The Morgan fingerprint density at radius 3 is 1.26 bits per heavy atom. The Hall–Kier alpha value is -3.62. The first-order chi connectivity index (χ1) is 20.1. The van der Waals surface area contributed by atoms with E-state index >= 15 is 0 Å². The minimum absolute atomic E-state index is 0. The molecule has 0 saturated heterocycles. The summed E-state index contributed by atoms with van der Waals surface area (Å²) in [5.74, 6) is 0.958. The van der Waals surface area contributed by atoms with Gasteiger partial charge in [0, 0.05) is 18.9 Å². The van der Waals surface area contributed by atoms with Crippen molar-refractivity contribution in [1.82, 2.24) is 9.78 Å². The fourth-order valence-corrected chi connectivity index (χ4v) is 4.09. The number of aryl methyl sites for hydroxylation is 2. The van der Waals surface area contributed by atoms with E-state index in [-0.39, 0.29) is 26.2 Å². The molecule has 223 valence electrons. The Kier molecular flexibility index (Phi) is 17.7. The molecule has 5 rings (SSSR count). The SMILES string of the molecule is Cc1cn(C)nc1C[N-]c1c(C(C)C)cccc1C(C)C.[CH2-]c1ccccc1.[CH2-]c1ccccc1.[CH2-]c1ccccc1.[Zr+3]. The molecule has 5 aromatic rings. The second-order valence-corrected chi connectivity index (χ2v) is 10.8. The van der Waals surface area contributed by atoms with Crippen molar-refractivity contribution in [3.05, 3.63) is 181 Å². The monoisotopic (exact) mass is 647 g/mol. The van der Waals surface area contributed by atoms with E-state index < -0.39 is 0 Å². The van der Waals surface area contributed by atoms with Crippen molar-refractivity contribution >= 4 is 5.69 Å². The van der Waals surface area contributed by atoms with Crippen molar-refractivity contribution in [3.8, 4) is 0 Å². The number of benzene rings is 4. The number of nitrogens with zero attached hydrogens (tertiary/aromatic N) is 3. The minimum atomic E-state index is 0. The summed E-state index contributed by atoms with van der Waals surface area (Å²) in [6.07, 6.45) is 2.04.